The maximum Gasteiger partial charge on any atom is 0.307 e. The summed E-state index contributed by atoms with van der Waals surface area (Å²) in [5, 5.41) is 19.7. The van der Waals surface area contributed by atoms with Gasteiger partial charge < -0.3 is 10.2 Å². The zero-order valence-corrected chi connectivity index (χ0v) is 11.5. The summed E-state index contributed by atoms with van der Waals surface area (Å²) in [6.45, 7) is 5.45. The molecule has 0 aliphatic heterocycles. The van der Waals surface area contributed by atoms with Crippen molar-refractivity contribution in [2.45, 2.75) is 39.2 Å². The molecule has 19 heavy (non-hydrogen) atoms. The molecular formula is C15H20O4. The van der Waals surface area contributed by atoms with E-state index in [1.807, 2.05) is 13.8 Å². The van der Waals surface area contributed by atoms with Crippen molar-refractivity contribution in [3.05, 3.63) is 23.8 Å². The summed E-state index contributed by atoms with van der Waals surface area (Å²) in [7, 11) is 0. The summed E-state index contributed by atoms with van der Waals surface area (Å²) in [4.78, 5) is 22.4. The van der Waals surface area contributed by atoms with Gasteiger partial charge in [-0.1, -0.05) is 26.0 Å². The zero-order valence-electron chi connectivity index (χ0n) is 11.5. The number of aliphatic carboxylic acids is 1. The predicted octanol–water partition coefficient (Wildman–Crippen LogP) is 1.94. The van der Waals surface area contributed by atoms with Crippen LogP contribution in [0.25, 0.3) is 0 Å². The Morgan fingerprint density at radius 1 is 1.47 bits per heavy atom. The molecule has 1 unspecified atom stereocenters. The summed E-state index contributed by atoms with van der Waals surface area (Å²) in [6.07, 6.45) is 5.87. The second kappa shape index (κ2) is 4.30. The van der Waals surface area contributed by atoms with Crippen LogP contribution in [0.3, 0.4) is 0 Å². The van der Waals surface area contributed by atoms with E-state index in [2.05, 4.69) is 0 Å². The minimum Gasteiger partial charge on any atom is -0.481 e. The molecule has 0 bridgehead atoms. The van der Waals surface area contributed by atoms with E-state index in [9.17, 15) is 14.7 Å². The molecule has 2 aliphatic rings. The molecule has 2 aliphatic carbocycles. The van der Waals surface area contributed by atoms with E-state index in [1.165, 1.54) is 6.08 Å². The molecule has 0 spiro atoms. The Kier molecular flexibility index (Phi) is 3.17. The molecule has 1 fully saturated rings. The van der Waals surface area contributed by atoms with Crippen LogP contribution in [0.15, 0.2) is 23.8 Å². The molecule has 0 aromatic rings. The van der Waals surface area contributed by atoms with Gasteiger partial charge in [0.15, 0.2) is 5.78 Å². The van der Waals surface area contributed by atoms with Crippen molar-refractivity contribution < 1.29 is 19.8 Å². The number of rotatable bonds is 3. The third-order valence-corrected chi connectivity index (χ3v) is 4.37. The number of hydrogen-bond donors (Lipinski definition) is 2. The van der Waals surface area contributed by atoms with Gasteiger partial charge in [0.1, 0.15) is 5.60 Å². The standard InChI is InChI=1S/C15H20O4/c1-9-6-11(16)8-14(2,3)15(9,19)5-4-10-7-12(10)13(17)18/h4-6,10,12,19H,7-8H2,1-3H3,(H,17,18)/b5-4+/t10-,12-,15?/m1/s1. The molecule has 4 heteroatoms. The zero-order chi connectivity index (χ0) is 14.4. The van der Waals surface area contributed by atoms with Crippen LogP contribution in [0.1, 0.15) is 33.6 Å². The Hall–Kier alpha value is -1.42. The summed E-state index contributed by atoms with van der Waals surface area (Å²) in [5.41, 5.74) is -1.13. The van der Waals surface area contributed by atoms with Gasteiger partial charge in [-0.3, -0.25) is 9.59 Å². The number of allylic oxidation sites excluding steroid dienone is 2. The van der Waals surface area contributed by atoms with E-state index in [-0.39, 0.29) is 24.0 Å². The van der Waals surface area contributed by atoms with Crippen LogP contribution in [0.5, 0.6) is 0 Å². The Labute approximate surface area is 112 Å². The number of ketones is 1. The second-order valence-corrected chi connectivity index (χ2v) is 6.32. The first-order valence-electron chi connectivity index (χ1n) is 6.53. The quantitative estimate of drug-likeness (QED) is 0.764. The summed E-state index contributed by atoms with van der Waals surface area (Å²) in [6, 6.07) is 0. The number of carbonyl (C=O) groups excluding carboxylic acids is 1. The second-order valence-electron chi connectivity index (χ2n) is 6.32. The van der Waals surface area contributed by atoms with Gasteiger partial charge >= 0.3 is 5.97 Å². The molecule has 4 nitrogen and oxygen atoms in total. The average molecular weight is 264 g/mol. The van der Waals surface area contributed by atoms with Gasteiger partial charge in [-0.05, 0) is 30.9 Å². The van der Waals surface area contributed by atoms with Gasteiger partial charge in [-0.2, -0.15) is 0 Å². The van der Waals surface area contributed by atoms with Crippen molar-refractivity contribution in [2.24, 2.45) is 17.3 Å². The largest absolute Gasteiger partial charge is 0.481 e. The van der Waals surface area contributed by atoms with Gasteiger partial charge in [0.05, 0.1) is 5.92 Å². The molecule has 2 N–H and O–H groups in total. The van der Waals surface area contributed by atoms with E-state index in [0.29, 0.717) is 12.0 Å². The van der Waals surface area contributed by atoms with E-state index >= 15 is 0 Å². The molecular weight excluding hydrogens is 244 g/mol. The van der Waals surface area contributed by atoms with Crippen LogP contribution in [0.2, 0.25) is 0 Å². The molecule has 0 aromatic carbocycles. The minimum absolute atomic E-state index is 0.00255. The number of hydrogen-bond acceptors (Lipinski definition) is 3. The molecule has 1 saturated carbocycles. The predicted molar refractivity (Wildman–Crippen MR) is 70.5 cm³/mol. The maximum absolute atomic E-state index is 11.6. The molecule has 0 saturated heterocycles. The van der Waals surface area contributed by atoms with E-state index in [1.54, 1.807) is 19.1 Å². The first kappa shape index (κ1) is 14.0. The smallest absolute Gasteiger partial charge is 0.307 e. The number of carbonyl (C=O) groups is 2. The van der Waals surface area contributed by atoms with Gasteiger partial charge in [-0.25, -0.2) is 0 Å². The van der Waals surface area contributed by atoms with E-state index in [0.717, 1.165) is 0 Å². The Bertz CT molecular complexity index is 486. The fourth-order valence-corrected chi connectivity index (χ4v) is 2.84. The molecule has 0 amide bonds. The topological polar surface area (TPSA) is 74.6 Å². The molecule has 0 aromatic heterocycles. The lowest BCUT2D eigenvalue weighted by atomic mass is 9.64. The van der Waals surface area contributed by atoms with Crippen molar-refractivity contribution in [3.63, 3.8) is 0 Å². The number of carboxylic acids is 1. The van der Waals surface area contributed by atoms with E-state index < -0.39 is 17.0 Å². The highest BCUT2D eigenvalue weighted by atomic mass is 16.4. The van der Waals surface area contributed by atoms with Crippen molar-refractivity contribution in [1.82, 2.24) is 0 Å². The van der Waals surface area contributed by atoms with Gasteiger partial charge in [0, 0.05) is 11.8 Å². The summed E-state index contributed by atoms with van der Waals surface area (Å²) >= 11 is 0. The lowest BCUT2D eigenvalue weighted by molar-refractivity contribution is -0.138. The molecule has 0 heterocycles. The lowest BCUT2D eigenvalue weighted by Crippen LogP contribution is -2.48. The summed E-state index contributed by atoms with van der Waals surface area (Å²) in [5.74, 6) is -1.08. The SMILES string of the molecule is CC1=CC(=O)CC(C)(C)C1(O)/C=C/[C@@H]1C[C@H]1C(=O)O. The highest BCUT2D eigenvalue weighted by Gasteiger charge is 2.48. The van der Waals surface area contributed by atoms with Crippen molar-refractivity contribution >= 4 is 11.8 Å². The number of aliphatic hydroxyl groups is 1. The van der Waals surface area contributed by atoms with Crippen LogP contribution < -0.4 is 0 Å². The summed E-state index contributed by atoms with van der Waals surface area (Å²) < 4.78 is 0. The Balaban J connectivity index is 2.22. The third kappa shape index (κ3) is 2.37. The highest BCUT2D eigenvalue weighted by molar-refractivity contribution is 5.92. The van der Waals surface area contributed by atoms with Crippen LogP contribution in [-0.4, -0.2) is 27.6 Å². The fourth-order valence-electron chi connectivity index (χ4n) is 2.84. The minimum atomic E-state index is -1.17. The maximum atomic E-state index is 11.6. The monoisotopic (exact) mass is 264 g/mol. The van der Waals surface area contributed by atoms with Crippen LogP contribution in [0.4, 0.5) is 0 Å². The van der Waals surface area contributed by atoms with Gasteiger partial charge in [0.2, 0.25) is 0 Å². The van der Waals surface area contributed by atoms with Gasteiger partial charge in [-0.15, -0.1) is 0 Å². The molecule has 0 radical (unpaired) electrons. The highest BCUT2D eigenvalue weighted by Crippen LogP contribution is 2.46. The van der Waals surface area contributed by atoms with Crippen molar-refractivity contribution in [3.8, 4) is 0 Å². The van der Waals surface area contributed by atoms with Crippen LogP contribution in [0, 0.1) is 17.3 Å². The fraction of sp³-hybridized carbons (Fsp3) is 0.600. The van der Waals surface area contributed by atoms with Crippen LogP contribution >= 0.6 is 0 Å². The number of carboxylic acid groups (broad SMARTS) is 1. The first-order valence-corrected chi connectivity index (χ1v) is 6.53. The molecule has 3 atom stereocenters. The normalized spacial score (nSPS) is 37.3. The van der Waals surface area contributed by atoms with Crippen molar-refractivity contribution in [2.75, 3.05) is 0 Å². The molecule has 2 rings (SSSR count). The van der Waals surface area contributed by atoms with Crippen LogP contribution in [-0.2, 0) is 9.59 Å². The van der Waals surface area contributed by atoms with Crippen molar-refractivity contribution in [1.29, 1.82) is 0 Å². The third-order valence-electron chi connectivity index (χ3n) is 4.37. The molecule has 104 valence electrons. The lowest BCUT2D eigenvalue weighted by Gasteiger charge is -2.44. The Morgan fingerprint density at radius 2 is 2.11 bits per heavy atom. The van der Waals surface area contributed by atoms with Gasteiger partial charge in [0.25, 0.3) is 0 Å². The average Bonchev–Trinajstić information content (AvgIpc) is 3.02. The Morgan fingerprint density at radius 3 is 2.58 bits per heavy atom. The van der Waals surface area contributed by atoms with E-state index in [4.69, 9.17) is 5.11 Å². The first-order chi connectivity index (χ1) is 8.67.